The van der Waals surface area contributed by atoms with Crippen LogP contribution in [0.3, 0.4) is 0 Å². The Morgan fingerprint density at radius 1 is 0.875 bits per heavy atom. The standard InChI is InChI=1S/C18H14F.C10H15.2ClH.Zr/c1-13-11-16-4-2-3-15(18(16)12-13)8-5-14-6-9-17(19)10-7-14;1-7-6-10(4,5)9(3)8(7)2;;;/h2-12H,1H3;1-5H3;2*1H;/q;;;;+2/p-2. The molecule has 0 nitrogen and oxygen atoms in total. The van der Waals surface area contributed by atoms with Crippen LogP contribution in [0.25, 0.3) is 18.2 Å². The molecule has 0 aromatic heterocycles. The summed E-state index contributed by atoms with van der Waals surface area (Å²) < 4.78 is 15.5. The molecule has 32 heavy (non-hydrogen) atoms. The van der Waals surface area contributed by atoms with E-state index in [1.165, 1.54) is 40.0 Å². The quantitative estimate of drug-likeness (QED) is 0.516. The molecule has 0 aliphatic heterocycles. The number of allylic oxidation sites excluding steroid dienone is 5. The molecule has 1 atom stereocenters. The molecule has 0 saturated heterocycles. The van der Waals surface area contributed by atoms with Gasteiger partial charge in [-0.05, 0) is 0 Å². The van der Waals surface area contributed by atoms with Gasteiger partial charge in [0.2, 0.25) is 0 Å². The molecular formula is C28H29Cl2FZr. The second-order valence-electron chi connectivity index (χ2n) is 9.08. The number of rotatable bonds is 4. The minimum absolute atomic E-state index is 0. The van der Waals surface area contributed by atoms with Crippen molar-refractivity contribution in [1.29, 1.82) is 0 Å². The summed E-state index contributed by atoms with van der Waals surface area (Å²) in [5, 5.41) is 0. The molecule has 2 aromatic carbocycles. The summed E-state index contributed by atoms with van der Waals surface area (Å²) in [7, 11) is 0. The fourth-order valence-corrected chi connectivity index (χ4v) is 9.52. The summed E-state index contributed by atoms with van der Waals surface area (Å²) in [5.41, 5.74) is 11.5. The van der Waals surface area contributed by atoms with Crippen LogP contribution in [0.5, 0.6) is 0 Å². The second kappa shape index (κ2) is 10.4. The Balaban J connectivity index is 0.00000181. The molecule has 166 valence electrons. The zero-order chi connectivity index (χ0) is 21.6. The van der Waals surface area contributed by atoms with Crippen LogP contribution in [0.2, 0.25) is 0 Å². The van der Waals surface area contributed by atoms with Crippen LogP contribution >= 0.6 is 0 Å². The maximum atomic E-state index is 13.2. The molecule has 1 unspecified atom stereocenters. The van der Waals surface area contributed by atoms with Crippen molar-refractivity contribution in [3.63, 3.8) is 0 Å². The average Bonchev–Trinajstić information content (AvgIpc) is 3.11. The van der Waals surface area contributed by atoms with Crippen molar-refractivity contribution in [3.05, 3.63) is 96.1 Å². The molecule has 2 aliphatic carbocycles. The van der Waals surface area contributed by atoms with Crippen LogP contribution in [-0.2, 0) is 23.2 Å². The molecule has 0 radical (unpaired) electrons. The molecular weight excluding hydrogens is 517 g/mol. The van der Waals surface area contributed by atoms with Gasteiger partial charge in [0.05, 0.1) is 0 Å². The van der Waals surface area contributed by atoms with Crippen molar-refractivity contribution >= 4 is 18.2 Å². The maximum Gasteiger partial charge on any atom is -1.00 e. The molecule has 2 aromatic rings. The van der Waals surface area contributed by atoms with Gasteiger partial charge in [-0.15, -0.1) is 0 Å². The third kappa shape index (κ3) is 4.84. The summed E-state index contributed by atoms with van der Waals surface area (Å²) in [4.78, 5) is 0. The van der Waals surface area contributed by atoms with Gasteiger partial charge >= 0.3 is 193 Å². The summed E-state index contributed by atoms with van der Waals surface area (Å²) in [6, 6.07) is 13.4. The fraction of sp³-hybridized carbons (Fsp3) is 0.286. The Hall–Kier alpha value is -1.21. The van der Waals surface area contributed by atoms with E-state index in [2.05, 4.69) is 78.0 Å². The van der Waals surface area contributed by atoms with Crippen molar-refractivity contribution in [2.24, 2.45) is 5.41 Å². The molecule has 0 saturated carbocycles. The predicted octanol–water partition coefficient (Wildman–Crippen LogP) is 2.19. The molecule has 0 bridgehead atoms. The first-order chi connectivity index (χ1) is 14.2. The SMILES string of the molecule is CC1=Cc2c(C=Cc3ccc(F)cc3)cccc2[CH]1[Zr+2][C]1=C(C)C(C)=C(C)C1(C)C.[Cl-].[Cl-]. The first-order valence-electron chi connectivity index (χ1n) is 10.6. The topological polar surface area (TPSA) is 0 Å². The normalized spacial score (nSPS) is 18.8. The number of hydrogen-bond acceptors (Lipinski definition) is 0. The van der Waals surface area contributed by atoms with Gasteiger partial charge in [-0.25, -0.2) is 0 Å². The molecule has 0 amide bonds. The smallest absolute Gasteiger partial charge is 1.00 e. The molecule has 0 spiro atoms. The van der Waals surface area contributed by atoms with Crippen LogP contribution in [-0.4, -0.2) is 0 Å². The van der Waals surface area contributed by atoms with Crippen LogP contribution in [0.4, 0.5) is 4.39 Å². The first kappa shape index (κ1) is 27.0. The summed E-state index contributed by atoms with van der Waals surface area (Å²) in [6.45, 7) is 14.1. The Kier molecular flexibility index (Phi) is 8.77. The number of fused-ring (bicyclic) bond motifs is 1. The first-order valence-corrected chi connectivity index (χ1v) is 13.3. The maximum absolute atomic E-state index is 13.2. The van der Waals surface area contributed by atoms with Gasteiger partial charge in [0.25, 0.3) is 0 Å². The number of hydrogen-bond donors (Lipinski definition) is 0. The van der Waals surface area contributed by atoms with E-state index in [1.807, 2.05) is 12.1 Å². The Labute approximate surface area is 216 Å². The molecule has 2 aliphatic rings. The number of benzene rings is 2. The van der Waals surface area contributed by atoms with Gasteiger partial charge in [0.1, 0.15) is 0 Å². The van der Waals surface area contributed by atoms with E-state index in [4.69, 9.17) is 0 Å². The molecule has 4 heteroatoms. The van der Waals surface area contributed by atoms with Gasteiger partial charge in [0.15, 0.2) is 0 Å². The molecule has 0 N–H and O–H groups in total. The second-order valence-corrected chi connectivity index (χ2v) is 12.4. The van der Waals surface area contributed by atoms with Crippen molar-refractivity contribution in [3.8, 4) is 0 Å². The van der Waals surface area contributed by atoms with Crippen molar-refractivity contribution in [2.45, 2.75) is 45.2 Å². The van der Waals surface area contributed by atoms with Gasteiger partial charge in [-0.1, -0.05) is 0 Å². The van der Waals surface area contributed by atoms with Crippen LogP contribution in [0.15, 0.2) is 68.0 Å². The van der Waals surface area contributed by atoms with Crippen molar-refractivity contribution in [2.75, 3.05) is 0 Å². The van der Waals surface area contributed by atoms with Gasteiger partial charge in [-0.2, -0.15) is 0 Å². The fourth-order valence-electron chi connectivity index (χ4n) is 4.70. The van der Waals surface area contributed by atoms with Crippen molar-refractivity contribution in [1.82, 2.24) is 0 Å². The third-order valence-electron chi connectivity index (χ3n) is 6.99. The van der Waals surface area contributed by atoms with Gasteiger partial charge < -0.3 is 24.8 Å². The summed E-state index contributed by atoms with van der Waals surface area (Å²) in [6.07, 6.45) is 6.65. The van der Waals surface area contributed by atoms with E-state index in [0.717, 1.165) is 5.56 Å². The van der Waals surface area contributed by atoms with E-state index >= 15 is 0 Å². The van der Waals surface area contributed by atoms with Gasteiger partial charge in [0, 0.05) is 0 Å². The van der Waals surface area contributed by atoms with E-state index in [1.54, 1.807) is 14.4 Å². The molecule has 0 fully saturated rings. The van der Waals surface area contributed by atoms with E-state index in [0.29, 0.717) is 3.63 Å². The summed E-state index contributed by atoms with van der Waals surface area (Å²) in [5.74, 6) is -0.195. The zero-order valence-electron chi connectivity index (χ0n) is 19.5. The Morgan fingerprint density at radius 2 is 1.53 bits per heavy atom. The predicted molar refractivity (Wildman–Crippen MR) is 123 cm³/mol. The average molecular weight is 547 g/mol. The van der Waals surface area contributed by atoms with Crippen LogP contribution in [0.1, 0.15) is 67.4 Å². The van der Waals surface area contributed by atoms with Gasteiger partial charge in [-0.3, -0.25) is 0 Å². The van der Waals surface area contributed by atoms with Crippen LogP contribution < -0.4 is 24.8 Å². The Morgan fingerprint density at radius 3 is 2.12 bits per heavy atom. The monoisotopic (exact) mass is 544 g/mol. The largest absolute Gasteiger partial charge is 1.00 e. The summed E-state index contributed by atoms with van der Waals surface area (Å²) >= 11 is -0.839. The molecule has 0 heterocycles. The minimum atomic E-state index is -0.839. The zero-order valence-corrected chi connectivity index (χ0v) is 23.5. The van der Waals surface area contributed by atoms with Crippen molar-refractivity contribution < 1.29 is 52.4 Å². The van der Waals surface area contributed by atoms with E-state index in [9.17, 15) is 4.39 Å². The Bertz CT molecular complexity index is 1130. The van der Waals surface area contributed by atoms with E-state index < -0.39 is 23.2 Å². The van der Waals surface area contributed by atoms with Crippen LogP contribution in [0, 0.1) is 11.2 Å². The third-order valence-corrected chi connectivity index (χ3v) is 12.7. The number of halogens is 3. The molecule has 4 rings (SSSR count). The van der Waals surface area contributed by atoms with E-state index in [-0.39, 0.29) is 36.0 Å². The minimum Gasteiger partial charge on any atom is -1.00 e.